The summed E-state index contributed by atoms with van der Waals surface area (Å²) in [5.74, 6) is 0. The summed E-state index contributed by atoms with van der Waals surface area (Å²) >= 11 is 5.62. The van der Waals surface area contributed by atoms with Crippen LogP contribution in [0.1, 0.15) is 119 Å². The molecule has 0 aromatic heterocycles. The van der Waals surface area contributed by atoms with Crippen LogP contribution in [0.4, 0.5) is 51.2 Å². The Bertz CT molecular complexity index is 2230. The van der Waals surface area contributed by atoms with Crippen LogP contribution in [0, 0.1) is 0 Å². The van der Waals surface area contributed by atoms with Gasteiger partial charge < -0.3 is 30.7 Å². The maximum atomic E-state index is 3.68. The predicted molar refractivity (Wildman–Crippen MR) is 353 cm³/mol. The summed E-state index contributed by atoms with van der Waals surface area (Å²) < 4.78 is 0. The van der Waals surface area contributed by atoms with Gasteiger partial charge in [0.05, 0.1) is 51.2 Å². The van der Waals surface area contributed by atoms with Gasteiger partial charge >= 0.3 is 0 Å². The minimum Gasteiger partial charge on any atom is -0.370 e. The van der Waals surface area contributed by atoms with Gasteiger partial charge in [-0.1, -0.05) is 170 Å². The quantitative estimate of drug-likeness (QED) is 0.0611. The van der Waals surface area contributed by atoms with E-state index < -0.39 is 0 Å². The SMILES string of the molecule is CCCCN(CCCC)c1cccc2c1Nc1ccccc1S2.CCCCN(CCCC)c1cccc2c1Nc1ccccc1S2.CCCCN(CCCC)c1cccc2c1Nc1ccccc1S2.I.I.I. The number of halogens is 3. The van der Waals surface area contributed by atoms with Gasteiger partial charge in [0, 0.05) is 68.6 Å². The number of nitrogens with one attached hydrogen (secondary N) is 3. The van der Waals surface area contributed by atoms with Crippen LogP contribution in [0.3, 0.4) is 0 Å². The van der Waals surface area contributed by atoms with Gasteiger partial charge in [-0.25, -0.2) is 0 Å². The number of rotatable bonds is 21. The fourth-order valence-corrected chi connectivity index (χ4v) is 11.9. The third-order valence-corrected chi connectivity index (χ3v) is 16.2. The summed E-state index contributed by atoms with van der Waals surface area (Å²) in [4.78, 5) is 15.6. The maximum Gasteiger partial charge on any atom is 0.0764 e. The topological polar surface area (TPSA) is 45.8 Å². The van der Waals surface area contributed by atoms with Crippen LogP contribution >= 0.6 is 107 Å². The van der Waals surface area contributed by atoms with Gasteiger partial charge in [-0.15, -0.1) is 71.9 Å². The predicted octanol–water partition coefficient (Wildman–Crippen LogP) is 20.8. The van der Waals surface area contributed by atoms with Crippen molar-refractivity contribution in [2.45, 2.75) is 148 Å². The third kappa shape index (κ3) is 16.9. The van der Waals surface area contributed by atoms with Gasteiger partial charge in [0.25, 0.3) is 0 Å². The van der Waals surface area contributed by atoms with Crippen LogP contribution in [0.2, 0.25) is 0 Å². The minimum atomic E-state index is 0. The van der Waals surface area contributed by atoms with E-state index in [1.54, 1.807) is 0 Å². The molecule has 3 heterocycles. The Labute approximate surface area is 498 Å². The Morgan fingerprint density at radius 3 is 0.750 bits per heavy atom. The molecule has 3 aliphatic rings. The molecule has 6 aromatic rings. The Morgan fingerprint density at radius 1 is 0.292 bits per heavy atom. The molecule has 0 saturated carbocycles. The van der Waals surface area contributed by atoms with Gasteiger partial charge in [0.15, 0.2) is 0 Å². The normalized spacial score (nSPS) is 11.8. The molecule has 0 bridgehead atoms. The van der Waals surface area contributed by atoms with Crippen molar-refractivity contribution >= 4 is 158 Å². The lowest BCUT2D eigenvalue weighted by Crippen LogP contribution is -2.26. The highest BCUT2D eigenvalue weighted by atomic mass is 127. The van der Waals surface area contributed by atoms with Crippen LogP contribution < -0.4 is 30.7 Å². The van der Waals surface area contributed by atoms with Crippen molar-refractivity contribution in [3.05, 3.63) is 127 Å². The second-order valence-electron chi connectivity index (χ2n) is 18.2. The number of hydrogen-bond donors (Lipinski definition) is 3. The number of para-hydroxylation sites is 6. The summed E-state index contributed by atoms with van der Waals surface area (Å²) in [5, 5.41) is 11.0. The molecular weight excluding hydrogens is 1280 g/mol. The van der Waals surface area contributed by atoms with E-state index in [1.807, 2.05) is 35.3 Å². The first kappa shape index (κ1) is 61.9. The highest BCUT2D eigenvalue weighted by molar-refractivity contribution is 14.0. The van der Waals surface area contributed by atoms with E-state index in [0.29, 0.717) is 0 Å². The molecule has 0 saturated heterocycles. The van der Waals surface area contributed by atoms with Crippen molar-refractivity contribution in [1.82, 2.24) is 0 Å². The molecule has 3 N–H and O–H groups in total. The van der Waals surface area contributed by atoms with Crippen molar-refractivity contribution < 1.29 is 0 Å². The lowest BCUT2D eigenvalue weighted by molar-refractivity contribution is 0.678. The van der Waals surface area contributed by atoms with E-state index in [2.05, 4.69) is 200 Å². The standard InChI is InChI=1S/3C20H26N2S.3HI/c3*1-3-5-14-22(15-6-4-2)17-11-9-13-19-20(17)21-16-10-7-8-12-18(16)23-19;;;/h3*7-13,21H,3-6,14-15H2,1-2H3;3*1H. The van der Waals surface area contributed by atoms with Crippen molar-refractivity contribution in [2.24, 2.45) is 0 Å². The highest BCUT2D eigenvalue weighted by Crippen LogP contribution is 2.50. The van der Waals surface area contributed by atoms with E-state index in [1.165, 1.54) is 158 Å². The highest BCUT2D eigenvalue weighted by Gasteiger charge is 2.23. The Balaban J connectivity index is 0.000000230. The number of unbranched alkanes of at least 4 members (excludes halogenated alkanes) is 6. The Hall–Kier alpha value is -2.64. The first-order chi connectivity index (χ1) is 34.0. The fraction of sp³-hybridized carbons (Fsp3) is 0.400. The number of hydrogen-bond acceptors (Lipinski definition) is 9. The zero-order valence-corrected chi connectivity index (χ0v) is 53.1. The summed E-state index contributed by atoms with van der Waals surface area (Å²) in [6.07, 6.45) is 14.9. The smallest absolute Gasteiger partial charge is 0.0764 e. The van der Waals surface area contributed by atoms with Crippen molar-refractivity contribution in [1.29, 1.82) is 0 Å². The molecule has 0 fully saturated rings. The second-order valence-corrected chi connectivity index (χ2v) is 21.5. The zero-order chi connectivity index (χ0) is 48.2. The van der Waals surface area contributed by atoms with Crippen LogP contribution in [0.5, 0.6) is 0 Å². The average molecular weight is 1360 g/mol. The summed E-state index contributed by atoms with van der Waals surface area (Å²) in [5.41, 5.74) is 11.6. The fourth-order valence-electron chi connectivity index (χ4n) is 8.87. The lowest BCUT2D eigenvalue weighted by Gasteiger charge is -2.30. The lowest BCUT2D eigenvalue weighted by atomic mass is 10.2. The van der Waals surface area contributed by atoms with Crippen LogP contribution in [0.25, 0.3) is 0 Å². The van der Waals surface area contributed by atoms with Gasteiger partial charge in [-0.05, 0) is 111 Å². The molecular formula is C60H81I3N6S3. The monoisotopic (exact) mass is 1360 g/mol. The third-order valence-electron chi connectivity index (χ3n) is 12.8. The molecule has 0 aliphatic carbocycles. The molecule has 390 valence electrons. The number of nitrogens with zero attached hydrogens (tertiary/aromatic N) is 3. The molecule has 0 unspecified atom stereocenters. The van der Waals surface area contributed by atoms with Gasteiger partial charge in [-0.3, -0.25) is 0 Å². The zero-order valence-electron chi connectivity index (χ0n) is 43.6. The van der Waals surface area contributed by atoms with E-state index >= 15 is 0 Å². The molecule has 12 heteroatoms. The van der Waals surface area contributed by atoms with Crippen molar-refractivity contribution in [3.8, 4) is 0 Å². The van der Waals surface area contributed by atoms with E-state index in [9.17, 15) is 0 Å². The van der Waals surface area contributed by atoms with Crippen LogP contribution in [0.15, 0.2) is 157 Å². The molecule has 0 amide bonds. The van der Waals surface area contributed by atoms with Crippen molar-refractivity contribution in [3.63, 3.8) is 0 Å². The molecule has 0 atom stereocenters. The summed E-state index contributed by atoms with van der Waals surface area (Å²) in [6, 6.07) is 45.8. The summed E-state index contributed by atoms with van der Waals surface area (Å²) in [7, 11) is 0. The van der Waals surface area contributed by atoms with Gasteiger partial charge in [0.1, 0.15) is 0 Å². The summed E-state index contributed by atoms with van der Waals surface area (Å²) in [6.45, 7) is 20.4. The van der Waals surface area contributed by atoms with Crippen LogP contribution in [-0.4, -0.2) is 39.3 Å². The molecule has 6 nitrogen and oxygen atoms in total. The molecule has 0 spiro atoms. The average Bonchev–Trinajstić information content (AvgIpc) is 3.39. The minimum absolute atomic E-state index is 0. The Morgan fingerprint density at radius 2 is 0.514 bits per heavy atom. The largest absolute Gasteiger partial charge is 0.370 e. The first-order valence-corrected chi connectivity index (χ1v) is 28.7. The molecule has 72 heavy (non-hydrogen) atoms. The van der Waals surface area contributed by atoms with E-state index in [0.717, 1.165) is 39.3 Å². The maximum absolute atomic E-state index is 3.68. The van der Waals surface area contributed by atoms with Gasteiger partial charge in [0.2, 0.25) is 0 Å². The first-order valence-electron chi connectivity index (χ1n) is 26.2. The number of fused-ring (bicyclic) bond motifs is 6. The Kier molecular flexibility index (Phi) is 28.7. The number of anilines is 9. The van der Waals surface area contributed by atoms with E-state index in [4.69, 9.17) is 0 Å². The molecule has 6 aromatic carbocycles. The van der Waals surface area contributed by atoms with Crippen molar-refractivity contribution in [2.75, 3.05) is 69.9 Å². The van der Waals surface area contributed by atoms with Crippen LogP contribution in [-0.2, 0) is 0 Å². The second kappa shape index (κ2) is 33.4. The molecule has 3 aliphatic heterocycles. The molecule has 0 radical (unpaired) electrons. The van der Waals surface area contributed by atoms with Gasteiger partial charge in [-0.2, -0.15) is 0 Å². The molecule has 9 rings (SSSR count). The van der Waals surface area contributed by atoms with E-state index in [-0.39, 0.29) is 71.9 Å². The number of benzene rings is 6.